The van der Waals surface area contributed by atoms with Crippen molar-refractivity contribution in [1.82, 2.24) is 0 Å². The summed E-state index contributed by atoms with van der Waals surface area (Å²) < 4.78 is 18.7. The predicted octanol–water partition coefficient (Wildman–Crippen LogP) is 3.17. The van der Waals surface area contributed by atoms with Gasteiger partial charge < -0.3 is 10.5 Å². The number of nitrogens with two attached hydrogens (primary N) is 1. The summed E-state index contributed by atoms with van der Waals surface area (Å²) in [6.45, 7) is 2.18. The second kappa shape index (κ2) is 5.40. The molecule has 2 aromatic carbocycles. The van der Waals surface area contributed by atoms with Crippen LogP contribution in [0.4, 0.5) is 10.1 Å². The van der Waals surface area contributed by atoms with Crippen LogP contribution in [0.3, 0.4) is 0 Å². The zero-order chi connectivity index (χ0) is 13.8. The third-order valence-electron chi connectivity index (χ3n) is 2.71. The fraction of sp³-hybridized carbons (Fsp3) is 0.133. The highest BCUT2D eigenvalue weighted by molar-refractivity contribution is 5.54. The molecule has 0 aliphatic carbocycles. The number of ether oxygens (including phenoxy) is 1. The first-order valence-corrected chi connectivity index (χ1v) is 5.77. The molecule has 0 bridgehead atoms. The van der Waals surface area contributed by atoms with Gasteiger partial charge >= 0.3 is 0 Å². The van der Waals surface area contributed by atoms with Crippen molar-refractivity contribution in [2.24, 2.45) is 0 Å². The monoisotopic (exact) mass is 256 g/mol. The number of halogens is 1. The molecule has 2 aromatic rings. The number of nitrogen functional groups attached to an aromatic ring is 1. The summed E-state index contributed by atoms with van der Waals surface area (Å²) in [5.74, 6) is 0.0505. The summed E-state index contributed by atoms with van der Waals surface area (Å²) in [5.41, 5.74) is 8.17. The van der Waals surface area contributed by atoms with Crippen LogP contribution in [0.1, 0.15) is 16.7 Å². The van der Waals surface area contributed by atoms with E-state index < -0.39 is 5.82 Å². The van der Waals surface area contributed by atoms with Crippen molar-refractivity contribution in [1.29, 1.82) is 5.26 Å². The zero-order valence-corrected chi connectivity index (χ0v) is 10.5. The van der Waals surface area contributed by atoms with Crippen molar-refractivity contribution in [3.8, 4) is 11.8 Å². The Morgan fingerprint density at radius 1 is 1.26 bits per heavy atom. The molecule has 0 fully saturated rings. The Labute approximate surface area is 111 Å². The highest BCUT2D eigenvalue weighted by Crippen LogP contribution is 2.23. The molecule has 2 rings (SSSR count). The maximum absolute atomic E-state index is 13.2. The van der Waals surface area contributed by atoms with E-state index in [1.165, 1.54) is 12.1 Å². The summed E-state index contributed by atoms with van der Waals surface area (Å²) in [6.07, 6.45) is 0. The van der Waals surface area contributed by atoms with E-state index in [2.05, 4.69) is 0 Å². The van der Waals surface area contributed by atoms with Gasteiger partial charge in [-0.1, -0.05) is 12.1 Å². The van der Waals surface area contributed by atoms with E-state index in [1.54, 1.807) is 18.2 Å². The van der Waals surface area contributed by atoms with Crippen molar-refractivity contribution in [3.05, 3.63) is 58.9 Å². The lowest BCUT2D eigenvalue weighted by atomic mass is 10.1. The topological polar surface area (TPSA) is 59.0 Å². The number of benzene rings is 2. The Kier molecular flexibility index (Phi) is 3.67. The molecule has 3 nitrogen and oxygen atoms in total. The van der Waals surface area contributed by atoms with Gasteiger partial charge in [-0.15, -0.1) is 0 Å². The van der Waals surface area contributed by atoms with Crippen LogP contribution in [0.5, 0.6) is 5.75 Å². The molecular formula is C15H13FN2O. The Morgan fingerprint density at radius 2 is 2.05 bits per heavy atom. The number of anilines is 1. The van der Waals surface area contributed by atoms with E-state index in [9.17, 15) is 4.39 Å². The van der Waals surface area contributed by atoms with Crippen molar-refractivity contribution in [2.45, 2.75) is 13.5 Å². The molecule has 0 spiro atoms. The first kappa shape index (κ1) is 12.9. The van der Waals surface area contributed by atoms with Gasteiger partial charge in [0, 0.05) is 0 Å². The molecule has 0 unspecified atom stereocenters. The fourth-order valence-electron chi connectivity index (χ4n) is 1.71. The van der Waals surface area contributed by atoms with Crippen LogP contribution in [0, 0.1) is 24.1 Å². The Bertz CT molecular complexity index is 647. The lowest BCUT2D eigenvalue weighted by Gasteiger charge is -2.09. The van der Waals surface area contributed by atoms with E-state index in [0.29, 0.717) is 11.4 Å². The lowest BCUT2D eigenvalue weighted by Crippen LogP contribution is -2.00. The highest BCUT2D eigenvalue weighted by Gasteiger charge is 2.05. The van der Waals surface area contributed by atoms with E-state index in [4.69, 9.17) is 15.7 Å². The molecule has 96 valence electrons. The average molecular weight is 256 g/mol. The van der Waals surface area contributed by atoms with E-state index in [0.717, 1.165) is 11.1 Å². The van der Waals surface area contributed by atoms with Crippen LogP contribution in [0.15, 0.2) is 36.4 Å². The second-order valence-corrected chi connectivity index (χ2v) is 4.26. The maximum Gasteiger partial charge on any atom is 0.142 e. The average Bonchev–Trinajstić information content (AvgIpc) is 2.39. The summed E-state index contributed by atoms with van der Waals surface area (Å²) in [7, 11) is 0. The number of hydrogen-bond acceptors (Lipinski definition) is 3. The molecule has 0 saturated carbocycles. The molecule has 4 heteroatoms. The number of nitriles is 1. The largest absolute Gasteiger partial charge is 0.487 e. The quantitative estimate of drug-likeness (QED) is 0.858. The van der Waals surface area contributed by atoms with Crippen LogP contribution in [0.2, 0.25) is 0 Å². The van der Waals surface area contributed by atoms with Gasteiger partial charge in [0.05, 0.1) is 11.3 Å². The zero-order valence-electron chi connectivity index (χ0n) is 10.5. The molecule has 0 heterocycles. The van der Waals surface area contributed by atoms with Gasteiger partial charge in [-0.05, 0) is 42.3 Å². The van der Waals surface area contributed by atoms with Crippen molar-refractivity contribution < 1.29 is 9.13 Å². The van der Waals surface area contributed by atoms with Gasteiger partial charge in [-0.2, -0.15) is 5.26 Å². The van der Waals surface area contributed by atoms with Gasteiger partial charge in [0.25, 0.3) is 0 Å². The molecule has 0 aliphatic rings. The van der Waals surface area contributed by atoms with Crippen LogP contribution in [0.25, 0.3) is 0 Å². The summed E-state index contributed by atoms with van der Waals surface area (Å²) in [6, 6.07) is 11.6. The summed E-state index contributed by atoms with van der Waals surface area (Å²) >= 11 is 0. The minimum absolute atomic E-state index is 0.0120. The van der Waals surface area contributed by atoms with Crippen LogP contribution < -0.4 is 10.5 Å². The van der Waals surface area contributed by atoms with Crippen molar-refractivity contribution >= 4 is 5.69 Å². The SMILES string of the molecule is Cc1ccc(OCc2ccc(F)c(C#N)c2)c(N)c1. The van der Waals surface area contributed by atoms with Crippen molar-refractivity contribution in [3.63, 3.8) is 0 Å². The van der Waals surface area contributed by atoms with Crippen LogP contribution >= 0.6 is 0 Å². The van der Waals surface area contributed by atoms with E-state index in [1.807, 2.05) is 19.1 Å². The molecule has 2 N–H and O–H groups in total. The molecule has 0 amide bonds. The van der Waals surface area contributed by atoms with E-state index in [-0.39, 0.29) is 12.2 Å². The van der Waals surface area contributed by atoms with Gasteiger partial charge in [-0.25, -0.2) is 4.39 Å². The Morgan fingerprint density at radius 3 is 2.74 bits per heavy atom. The highest BCUT2D eigenvalue weighted by atomic mass is 19.1. The molecule has 0 atom stereocenters. The van der Waals surface area contributed by atoms with E-state index >= 15 is 0 Å². The normalized spacial score (nSPS) is 9.95. The number of rotatable bonds is 3. The lowest BCUT2D eigenvalue weighted by molar-refractivity contribution is 0.307. The van der Waals surface area contributed by atoms with Crippen LogP contribution in [-0.4, -0.2) is 0 Å². The maximum atomic E-state index is 13.2. The molecule has 19 heavy (non-hydrogen) atoms. The first-order chi connectivity index (χ1) is 9.10. The fourth-order valence-corrected chi connectivity index (χ4v) is 1.71. The molecule has 0 aliphatic heterocycles. The number of hydrogen-bond donors (Lipinski definition) is 1. The van der Waals surface area contributed by atoms with Gasteiger partial charge in [0.2, 0.25) is 0 Å². The summed E-state index contributed by atoms with van der Waals surface area (Å²) in [4.78, 5) is 0. The minimum Gasteiger partial charge on any atom is -0.487 e. The third-order valence-corrected chi connectivity index (χ3v) is 2.71. The molecular weight excluding hydrogens is 243 g/mol. The van der Waals surface area contributed by atoms with Crippen LogP contribution in [-0.2, 0) is 6.61 Å². The minimum atomic E-state index is -0.527. The smallest absolute Gasteiger partial charge is 0.142 e. The van der Waals surface area contributed by atoms with Gasteiger partial charge in [0.15, 0.2) is 0 Å². The van der Waals surface area contributed by atoms with Gasteiger partial charge in [-0.3, -0.25) is 0 Å². The summed E-state index contributed by atoms with van der Waals surface area (Å²) in [5, 5.41) is 8.75. The molecule has 0 radical (unpaired) electrons. The number of nitrogens with zero attached hydrogens (tertiary/aromatic N) is 1. The predicted molar refractivity (Wildman–Crippen MR) is 71.0 cm³/mol. The Balaban J connectivity index is 2.13. The Hall–Kier alpha value is -2.54. The molecule has 0 aromatic heterocycles. The number of aryl methyl sites for hydroxylation is 1. The third kappa shape index (κ3) is 3.02. The standard InChI is InChI=1S/C15H13FN2O/c1-10-2-5-15(14(18)6-10)19-9-11-3-4-13(16)12(7-11)8-17/h2-7H,9,18H2,1H3. The van der Waals surface area contributed by atoms with Gasteiger partial charge in [0.1, 0.15) is 24.2 Å². The first-order valence-electron chi connectivity index (χ1n) is 5.77. The van der Waals surface area contributed by atoms with Crippen molar-refractivity contribution in [2.75, 3.05) is 5.73 Å². The second-order valence-electron chi connectivity index (χ2n) is 4.26. The molecule has 0 saturated heterocycles.